The van der Waals surface area contributed by atoms with E-state index in [-0.39, 0.29) is 0 Å². The summed E-state index contributed by atoms with van der Waals surface area (Å²) in [6.07, 6.45) is 2.53. The SMILES string of the molecule is C=C(CCN)c1ccn[nH]1. The maximum atomic E-state index is 5.34. The second-order valence-corrected chi connectivity index (χ2v) is 2.11. The van der Waals surface area contributed by atoms with Gasteiger partial charge in [-0.2, -0.15) is 5.10 Å². The molecule has 0 aliphatic carbocycles. The Morgan fingerprint density at radius 2 is 2.60 bits per heavy atom. The first-order valence-electron chi connectivity index (χ1n) is 3.22. The highest BCUT2D eigenvalue weighted by atomic mass is 15.1. The Hall–Kier alpha value is -1.09. The molecular formula is C7H11N3. The second kappa shape index (κ2) is 3.17. The molecule has 0 aromatic carbocycles. The van der Waals surface area contributed by atoms with Crippen LogP contribution in [-0.4, -0.2) is 16.7 Å². The Labute approximate surface area is 59.9 Å². The van der Waals surface area contributed by atoms with Crippen molar-refractivity contribution in [1.82, 2.24) is 10.2 Å². The standard InChI is InChI=1S/C7H11N3/c1-6(2-4-8)7-3-5-9-10-7/h3,5H,1-2,4,8H2,(H,9,10). The van der Waals surface area contributed by atoms with Crippen molar-refractivity contribution in [3.63, 3.8) is 0 Å². The van der Waals surface area contributed by atoms with Gasteiger partial charge in [-0.1, -0.05) is 6.58 Å². The number of nitrogens with two attached hydrogens (primary N) is 1. The van der Waals surface area contributed by atoms with Crippen LogP contribution in [0.2, 0.25) is 0 Å². The number of nitrogens with zero attached hydrogens (tertiary/aromatic N) is 1. The third-order valence-corrected chi connectivity index (χ3v) is 1.33. The Bertz CT molecular complexity index is 201. The number of hydrogen-bond acceptors (Lipinski definition) is 2. The zero-order valence-corrected chi connectivity index (χ0v) is 5.80. The molecule has 1 rings (SSSR count). The molecule has 0 saturated heterocycles. The summed E-state index contributed by atoms with van der Waals surface area (Å²) in [7, 11) is 0. The molecule has 1 heterocycles. The first-order chi connectivity index (χ1) is 4.84. The molecule has 0 aliphatic rings. The van der Waals surface area contributed by atoms with Crippen LogP contribution in [0.3, 0.4) is 0 Å². The van der Waals surface area contributed by atoms with Gasteiger partial charge in [0.15, 0.2) is 0 Å². The van der Waals surface area contributed by atoms with Crippen LogP contribution < -0.4 is 5.73 Å². The summed E-state index contributed by atoms with van der Waals surface area (Å²) >= 11 is 0. The van der Waals surface area contributed by atoms with Gasteiger partial charge in [-0.05, 0) is 24.6 Å². The zero-order valence-electron chi connectivity index (χ0n) is 5.80. The van der Waals surface area contributed by atoms with E-state index in [1.54, 1.807) is 6.20 Å². The minimum Gasteiger partial charge on any atom is -0.330 e. The van der Waals surface area contributed by atoms with Crippen molar-refractivity contribution in [1.29, 1.82) is 0 Å². The van der Waals surface area contributed by atoms with Crippen molar-refractivity contribution in [2.75, 3.05) is 6.54 Å². The van der Waals surface area contributed by atoms with Gasteiger partial charge in [-0.15, -0.1) is 0 Å². The normalized spacial score (nSPS) is 9.70. The molecule has 0 saturated carbocycles. The quantitative estimate of drug-likeness (QED) is 0.646. The molecule has 1 aromatic heterocycles. The van der Waals surface area contributed by atoms with E-state index in [1.165, 1.54) is 0 Å². The average Bonchev–Trinajstić information content (AvgIpc) is 2.38. The van der Waals surface area contributed by atoms with Crippen LogP contribution in [0.25, 0.3) is 5.57 Å². The van der Waals surface area contributed by atoms with E-state index in [1.807, 2.05) is 6.07 Å². The summed E-state index contributed by atoms with van der Waals surface area (Å²) in [5.74, 6) is 0. The number of aromatic amines is 1. The summed E-state index contributed by atoms with van der Waals surface area (Å²) in [6, 6.07) is 1.89. The van der Waals surface area contributed by atoms with E-state index in [0.717, 1.165) is 17.7 Å². The van der Waals surface area contributed by atoms with Gasteiger partial charge in [0.25, 0.3) is 0 Å². The smallest absolute Gasteiger partial charge is 0.0604 e. The minimum atomic E-state index is 0.637. The van der Waals surface area contributed by atoms with Crippen molar-refractivity contribution in [2.45, 2.75) is 6.42 Å². The number of nitrogens with one attached hydrogen (secondary N) is 1. The van der Waals surface area contributed by atoms with Crippen LogP contribution in [0.4, 0.5) is 0 Å². The predicted molar refractivity (Wildman–Crippen MR) is 41.3 cm³/mol. The number of hydrogen-bond donors (Lipinski definition) is 2. The minimum absolute atomic E-state index is 0.637. The van der Waals surface area contributed by atoms with Gasteiger partial charge in [-0.25, -0.2) is 0 Å². The van der Waals surface area contributed by atoms with Crippen molar-refractivity contribution in [2.24, 2.45) is 5.73 Å². The van der Waals surface area contributed by atoms with Crippen LogP contribution >= 0.6 is 0 Å². The molecule has 0 fully saturated rings. The van der Waals surface area contributed by atoms with E-state index in [2.05, 4.69) is 16.8 Å². The molecule has 3 N–H and O–H groups in total. The lowest BCUT2D eigenvalue weighted by molar-refractivity contribution is 0.999. The van der Waals surface area contributed by atoms with E-state index in [0.29, 0.717) is 6.54 Å². The highest BCUT2D eigenvalue weighted by molar-refractivity contribution is 5.59. The number of H-pyrrole nitrogens is 1. The van der Waals surface area contributed by atoms with Gasteiger partial charge in [-0.3, -0.25) is 5.10 Å². The van der Waals surface area contributed by atoms with Gasteiger partial charge in [0, 0.05) is 6.20 Å². The molecule has 0 radical (unpaired) electrons. The molecule has 0 amide bonds. The van der Waals surface area contributed by atoms with Crippen LogP contribution in [-0.2, 0) is 0 Å². The Kier molecular flexibility index (Phi) is 2.23. The number of aromatic nitrogens is 2. The van der Waals surface area contributed by atoms with Crippen molar-refractivity contribution >= 4 is 5.57 Å². The Balaban J connectivity index is 2.59. The van der Waals surface area contributed by atoms with E-state index < -0.39 is 0 Å². The molecule has 0 unspecified atom stereocenters. The molecule has 3 heteroatoms. The first kappa shape index (κ1) is 7.02. The molecule has 10 heavy (non-hydrogen) atoms. The van der Waals surface area contributed by atoms with Gasteiger partial charge in [0.05, 0.1) is 5.69 Å². The summed E-state index contributed by atoms with van der Waals surface area (Å²) in [4.78, 5) is 0. The van der Waals surface area contributed by atoms with Gasteiger partial charge < -0.3 is 5.73 Å². The fraction of sp³-hybridized carbons (Fsp3) is 0.286. The lowest BCUT2D eigenvalue weighted by Gasteiger charge is -1.97. The molecule has 0 bridgehead atoms. The van der Waals surface area contributed by atoms with Crippen LogP contribution in [0, 0.1) is 0 Å². The third kappa shape index (κ3) is 1.45. The predicted octanol–water partition coefficient (Wildman–Crippen LogP) is 0.772. The summed E-state index contributed by atoms with van der Waals surface area (Å²) in [5, 5.41) is 6.62. The monoisotopic (exact) mass is 137 g/mol. The molecule has 1 aromatic rings. The van der Waals surface area contributed by atoms with Gasteiger partial charge in [0.1, 0.15) is 0 Å². The Morgan fingerprint density at radius 3 is 3.10 bits per heavy atom. The molecule has 0 atom stereocenters. The van der Waals surface area contributed by atoms with Gasteiger partial charge in [0.2, 0.25) is 0 Å². The summed E-state index contributed by atoms with van der Waals surface area (Å²) < 4.78 is 0. The topological polar surface area (TPSA) is 54.7 Å². The second-order valence-electron chi connectivity index (χ2n) is 2.11. The maximum absolute atomic E-state index is 5.34. The van der Waals surface area contributed by atoms with Crippen LogP contribution in [0.15, 0.2) is 18.8 Å². The Morgan fingerprint density at radius 1 is 1.80 bits per heavy atom. The summed E-state index contributed by atoms with van der Waals surface area (Å²) in [6.45, 7) is 4.47. The fourth-order valence-electron chi connectivity index (χ4n) is 0.762. The van der Waals surface area contributed by atoms with E-state index >= 15 is 0 Å². The van der Waals surface area contributed by atoms with Gasteiger partial charge >= 0.3 is 0 Å². The average molecular weight is 137 g/mol. The molecule has 3 nitrogen and oxygen atoms in total. The van der Waals surface area contributed by atoms with Crippen molar-refractivity contribution < 1.29 is 0 Å². The molecular weight excluding hydrogens is 126 g/mol. The van der Waals surface area contributed by atoms with Crippen molar-refractivity contribution in [3.05, 3.63) is 24.5 Å². The first-order valence-corrected chi connectivity index (χ1v) is 3.22. The molecule has 0 spiro atoms. The van der Waals surface area contributed by atoms with E-state index in [4.69, 9.17) is 5.73 Å². The molecule has 0 aliphatic heterocycles. The maximum Gasteiger partial charge on any atom is 0.0604 e. The van der Waals surface area contributed by atoms with Crippen LogP contribution in [0.1, 0.15) is 12.1 Å². The third-order valence-electron chi connectivity index (χ3n) is 1.33. The molecule has 54 valence electrons. The van der Waals surface area contributed by atoms with E-state index in [9.17, 15) is 0 Å². The fourth-order valence-corrected chi connectivity index (χ4v) is 0.762. The van der Waals surface area contributed by atoms with Crippen molar-refractivity contribution in [3.8, 4) is 0 Å². The summed E-state index contributed by atoms with van der Waals surface area (Å²) in [5.41, 5.74) is 7.33. The lowest BCUT2D eigenvalue weighted by Crippen LogP contribution is -1.99. The lowest BCUT2D eigenvalue weighted by atomic mass is 10.1. The van der Waals surface area contributed by atoms with Crippen LogP contribution in [0.5, 0.6) is 0 Å². The highest BCUT2D eigenvalue weighted by Gasteiger charge is 1.96. The highest BCUT2D eigenvalue weighted by Crippen LogP contribution is 2.10. The zero-order chi connectivity index (χ0) is 7.40. The largest absolute Gasteiger partial charge is 0.330 e. The number of rotatable bonds is 3.